The lowest BCUT2D eigenvalue weighted by Gasteiger charge is -2.13. The molecule has 0 spiro atoms. The number of nitrogens with one attached hydrogen (secondary N) is 1. The molecule has 9 nitrogen and oxygen atoms in total. The molecule has 33 heavy (non-hydrogen) atoms. The fourth-order valence-corrected chi connectivity index (χ4v) is 3.39. The molecule has 2 heterocycles. The van der Waals surface area contributed by atoms with Crippen LogP contribution >= 0.6 is 0 Å². The number of amides is 4. The van der Waals surface area contributed by atoms with Crippen molar-refractivity contribution in [1.29, 1.82) is 0 Å². The maximum atomic E-state index is 12.5. The van der Waals surface area contributed by atoms with E-state index >= 15 is 0 Å². The standard InChI is InChI=1S/C24H20N4O5/c1-14-5-7-18-19(11-14)24(32)28(23(18)31)10-9-20(29)27-16-6-8-21(26-13-16)33-17-4-2-3-15(12-17)22(25)30/h2-8,11-13H,9-10H2,1H3,(H2,25,30)(H,27,29). The lowest BCUT2D eigenvalue weighted by molar-refractivity contribution is -0.116. The second-order valence-electron chi connectivity index (χ2n) is 7.49. The maximum absolute atomic E-state index is 12.5. The number of hydrogen-bond donors (Lipinski definition) is 2. The molecule has 4 amide bonds. The van der Waals surface area contributed by atoms with Crippen LogP contribution < -0.4 is 15.8 Å². The number of imide groups is 1. The van der Waals surface area contributed by atoms with Crippen LogP contribution in [-0.2, 0) is 4.79 Å². The van der Waals surface area contributed by atoms with Gasteiger partial charge in [-0.3, -0.25) is 24.1 Å². The van der Waals surface area contributed by atoms with Crippen LogP contribution in [0.4, 0.5) is 5.69 Å². The first-order valence-corrected chi connectivity index (χ1v) is 10.1. The third kappa shape index (κ3) is 4.72. The van der Waals surface area contributed by atoms with E-state index in [0.29, 0.717) is 28.1 Å². The van der Waals surface area contributed by atoms with Gasteiger partial charge in [0.05, 0.1) is 23.0 Å². The summed E-state index contributed by atoms with van der Waals surface area (Å²) in [5.41, 5.74) is 7.60. The molecule has 2 aromatic carbocycles. The summed E-state index contributed by atoms with van der Waals surface area (Å²) in [7, 11) is 0. The van der Waals surface area contributed by atoms with Gasteiger partial charge in [0, 0.05) is 24.6 Å². The Hall–Kier alpha value is -4.53. The summed E-state index contributed by atoms with van der Waals surface area (Å²) in [6.45, 7) is 1.82. The maximum Gasteiger partial charge on any atom is 0.261 e. The zero-order chi connectivity index (χ0) is 23.5. The van der Waals surface area contributed by atoms with E-state index in [9.17, 15) is 19.2 Å². The molecule has 9 heteroatoms. The van der Waals surface area contributed by atoms with Crippen molar-refractivity contribution in [3.05, 3.63) is 83.0 Å². The second kappa shape index (κ2) is 8.91. The van der Waals surface area contributed by atoms with Gasteiger partial charge >= 0.3 is 0 Å². The number of ether oxygens (including phenoxy) is 1. The van der Waals surface area contributed by atoms with E-state index in [1.165, 1.54) is 12.3 Å². The molecule has 0 aliphatic carbocycles. The molecule has 3 aromatic rings. The number of benzene rings is 2. The monoisotopic (exact) mass is 444 g/mol. The molecule has 1 aromatic heterocycles. The first-order valence-electron chi connectivity index (χ1n) is 10.1. The topological polar surface area (TPSA) is 132 Å². The number of aromatic nitrogens is 1. The van der Waals surface area contributed by atoms with E-state index in [1.54, 1.807) is 48.5 Å². The summed E-state index contributed by atoms with van der Waals surface area (Å²) in [6, 6.07) is 14.6. The number of anilines is 1. The minimum Gasteiger partial charge on any atom is -0.439 e. The lowest BCUT2D eigenvalue weighted by Crippen LogP contribution is -2.32. The zero-order valence-corrected chi connectivity index (χ0v) is 17.7. The fourth-order valence-electron chi connectivity index (χ4n) is 3.39. The van der Waals surface area contributed by atoms with Crippen LogP contribution in [0, 0.1) is 6.92 Å². The van der Waals surface area contributed by atoms with Crippen molar-refractivity contribution < 1.29 is 23.9 Å². The molecule has 1 aliphatic rings. The van der Waals surface area contributed by atoms with Gasteiger partial charge in [-0.2, -0.15) is 0 Å². The number of carbonyl (C=O) groups excluding carboxylic acids is 4. The number of carbonyl (C=O) groups is 4. The van der Waals surface area contributed by atoms with Gasteiger partial charge in [0.15, 0.2) is 0 Å². The van der Waals surface area contributed by atoms with Crippen molar-refractivity contribution >= 4 is 29.3 Å². The highest BCUT2D eigenvalue weighted by Crippen LogP contribution is 2.24. The number of hydrogen-bond acceptors (Lipinski definition) is 6. The smallest absolute Gasteiger partial charge is 0.261 e. The molecule has 0 fully saturated rings. The van der Waals surface area contributed by atoms with E-state index in [4.69, 9.17) is 10.5 Å². The number of rotatable bonds is 7. The van der Waals surface area contributed by atoms with Gasteiger partial charge in [0.1, 0.15) is 5.75 Å². The summed E-state index contributed by atoms with van der Waals surface area (Å²) in [5.74, 6) is -1.07. The van der Waals surface area contributed by atoms with Crippen molar-refractivity contribution in [3.63, 3.8) is 0 Å². The molecular formula is C24H20N4O5. The molecule has 4 rings (SSSR count). The first kappa shape index (κ1) is 21.7. The summed E-state index contributed by atoms with van der Waals surface area (Å²) in [5, 5.41) is 2.67. The van der Waals surface area contributed by atoms with E-state index in [1.807, 2.05) is 6.92 Å². The van der Waals surface area contributed by atoms with E-state index in [0.717, 1.165) is 10.5 Å². The number of aryl methyl sites for hydroxylation is 1. The largest absolute Gasteiger partial charge is 0.439 e. The molecule has 0 saturated heterocycles. The SMILES string of the molecule is Cc1ccc2c(c1)C(=O)N(CCC(=O)Nc1ccc(Oc3cccc(C(N)=O)c3)nc1)C2=O. The highest BCUT2D eigenvalue weighted by Gasteiger charge is 2.35. The molecule has 0 atom stereocenters. The molecule has 1 aliphatic heterocycles. The molecule has 0 saturated carbocycles. The predicted molar refractivity (Wildman–Crippen MR) is 119 cm³/mol. The van der Waals surface area contributed by atoms with Gasteiger partial charge in [-0.1, -0.05) is 17.7 Å². The minimum atomic E-state index is -0.567. The van der Waals surface area contributed by atoms with Gasteiger partial charge in [0.2, 0.25) is 17.7 Å². The Morgan fingerprint density at radius 2 is 1.82 bits per heavy atom. The van der Waals surface area contributed by atoms with Crippen LogP contribution in [0.25, 0.3) is 0 Å². The summed E-state index contributed by atoms with van der Waals surface area (Å²) >= 11 is 0. The Kier molecular flexibility index (Phi) is 5.86. The van der Waals surface area contributed by atoms with Crippen molar-refractivity contribution in [1.82, 2.24) is 9.88 Å². The Balaban J connectivity index is 1.32. The van der Waals surface area contributed by atoms with Crippen LogP contribution in [0.1, 0.15) is 43.1 Å². The van der Waals surface area contributed by atoms with Crippen LogP contribution in [0.2, 0.25) is 0 Å². The highest BCUT2D eigenvalue weighted by atomic mass is 16.5. The van der Waals surface area contributed by atoms with Gasteiger partial charge in [-0.15, -0.1) is 0 Å². The predicted octanol–water partition coefficient (Wildman–Crippen LogP) is 2.91. The molecule has 0 bridgehead atoms. The summed E-state index contributed by atoms with van der Waals surface area (Å²) in [6.07, 6.45) is 1.36. The van der Waals surface area contributed by atoms with Crippen LogP contribution in [0.5, 0.6) is 11.6 Å². The first-order chi connectivity index (χ1) is 15.8. The summed E-state index contributed by atoms with van der Waals surface area (Å²) < 4.78 is 5.59. The molecular weight excluding hydrogens is 424 g/mol. The third-order valence-corrected chi connectivity index (χ3v) is 5.05. The fraction of sp³-hybridized carbons (Fsp3) is 0.125. The van der Waals surface area contributed by atoms with Crippen LogP contribution in [-0.4, -0.2) is 40.1 Å². The Morgan fingerprint density at radius 3 is 2.55 bits per heavy atom. The van der Waals surface area contributed by atoms with Crippen LogP contribution in [0.15, 0.2) is 60.8 Å². The van der Waals surface area contributed by atoms with Gasteiger partial charge in [-0.25, -0.2) is 4.98 Å². The normalized spacial score (nSPS) is 12.5. The van der Waals surface area contributed by atoms with Gasteiger partial charge in [0.25, 0.3) is 11.8 Å². The Labute approximate surface area is 189 Å². The van der Waals surface area contributed by atoms with Crippen molar-refractivity contribution in [2.75, 3.05) is 11.9 Å². The Bertz CT molecular complexity index is 1270. The number of pyridine rings is 1. The molecule has 0 radical (unpaired) electrons. The number of nitrogens with two attached hydrogens (primary N) is 1. The number of nitrogens with zero attached hydrogens (tertiary/aromatic N) is 2. The Morgan fingerprint density at radius 1 is 1.03 bits per heavy atom. The van der Waals surface area contributed by atoms with Gasteiger partial charge < -0.3 is 15.8 Å². The van der Waals surface area contributed by atoms with Crippen molar-refractivity contribution in [3.8, 4) is 11.6 Å². The zero-order valence-electron chi connectivity index (χ0n) is 17.7. The quantitative estimate of drug-likeness (QED) is 0.539. The van der Waals surface area contributed by atoms with E-state index in [2.05, 4.69) is 10.3 Å². The molecule has 3 N–H and O–H groups in total. The van der Waals surface area contributed by atoms with Crippen molar-refractivity contribution in [2.45, 2.75) is 13.3 Å². The number of fused-ring (bicyclic) bond motifs is 1. The average molecular weight is 444 g/mol. The van der Waals surface area contributed by atoms with Crippen molar-refractivity contribution in [2.24, 2.45) is 5.73 Å². The second-order valence-corrected chi connectivity index (χ2v) is 7.49. The molecule has 0 unspecified atom stereocenters. The van der Waals surface area contributed by atoms with E-state index < -0.39 is 17.7 Å². The molecule has 166 valence electrons. The minimum absolute atomic E-state index is 0.0257. The van der Waals surface area contributed by atoms with Crippen LogP contribution in [0.3, 0.4) is 0 Å². The number of primary amides is 1. The van der Waals surface area contributed by atoms with E-state index in [-0.39, 0.29) is 24.8 Å². The third-order valence-electron chi connectivity index (χ3n) is 5.05. The summed E-state index contributed by atoms with van der Waals surface area (Å²) in [4.78, 5) is 53.8. The van der Waals surface area contributed by atoms with Gasteiger partial charge in [-0.05, 0) is 43.3 Å². The average Bonchev–Trinajstić information content (AvgIpc) is 3.03. The highest BCUT2D eigenvalue weighted by molar-refractivity contribution is 6.21. The lowest BCUT2D eigenvalue weighted by atomic mass is 10.1.